The maximum atomic E-state index is 11.6. The Hall–Kier alpha value is -1.77. The molecule has 126 valence electrons. The highest BCUT2D eigenvalue weighted by atomic mass is 16.5. The van der Waals surface area contributed by atoms with Crippen LogP contribution in [0.4, 0.5) is 0 Å². The smallest absolute Gasteiger partial charge is 0.145 e. The zero-order chi connectivity index (χ0) is 17.0. The second kappa shape index (κ2) is 3.89. The van der Waals surface area contributed by atoms with Crippen LogP contribution in [0.1, 0.15) is 52.0 Å². The van der Waals surface area contributed by atoms with E-state index in [1.165, 1.54) is 6.42 Å². The van der Waals surface area contributed by atoms with Crippen molar-refractivity contribution in [3.8, 4) is 11.5 Å². The summed E-state index contributed by atoms with van der Waals surface area (Å²) in [5.41, 5.74) is 1.64. The van der Waals surface area contributed by atoms with Crippen molar-refractivity contribution in [1.82, 2.24) is 0 Å². The van der Waals surface area contributed by atoms with E-state index in [4.69, 9.17) is 4.74 Å². The Morgan fingerprint density at radius 3 is 2.79 bits per heavy atom. The molecule has 2 fully saturated rings. The fraction of sp³-hybridized carbons (Fsp3) is 0.571. The largest absolute Gasteiger partial charge is 0.508 e. The van der Waals surface area contributed by atoms with Gasteiger partial charge in [0.1, 0.15) is 23.4 Å². The highest BCUT2D eigenvalue weighted by Crippen LogP contribution is 2.85. The number of hydrogen-bond donors (Lipinski definition) is 1. The van der Waals surface area contributed by atoms with E-state index < -0.39 is 0 Å². The third kappa shape index (κ3) is 1.16. The standard InChI is InChI=1S/C21H24O3/c1-18(2)17-7-8-19(3)20(17)9-6-13(12-22)11-21(18,20)15-10-14(23)4-5-16(15)24-19/h4-5,10-12,17,23H,6-9H2,1-3H3/t17-,19-,20+,21+/m0/s1. The van der Waals surface area contributed by atoms with Gasteiger partial charge in [0.2, 0.25) is 0 Å². The van der Waals surface area contributed by atoms with Crippen molar-refractivity contribution in [3.63, 3.8) is 0 Å². The average Bonchev–Trinajstić information content (AvgIpc) is 2.83. The van der Waals surface area contributed by atoms with Crippen LogP contribution in [0, 0.1) is 16.7 Å². The molecule has 0 unspecified atom stereocenters. The van der Waals surface area contributed by atoms with Gasteiger partial charge in [0.15, 0.2) is 0 Å². The summed E-state index contributed by atoms with van der Waals surface area (Å²) in [4.78, 5) is 11.6. The van der Waals surface area contributed by atoms with Gasteiger partial charge in [-0.2, -0.15) is 0 Å². The molecule has 0 amide bonds. The number of aldehydes is 1. The maximum Gasteiger partial charge on any atom is 0.145 e. The van der Waals surface area contributed by atoms with E-state index in [2.05, 4.69) is 26.8 Å². The monoisotopic (exact) mass is 324 g/mol. The number of ether oxygens (including phenoxy) is 1. The lowest BCUT2D eigenvalue weighted by molar-refractivity contribution is -0.252. The molecule has 1 N–H and O–H groups in total. The minimum Gasteiger partial charge on any atom is -0.508 e. The first-order valence-electron chi connectivity index (χ1n) is 9.02. The molecule has 0 radical (unpaired) electrons. The maximum absolute atomic E-state index is 11.6. The Kier molecular flexibility index (Phi) is 2.36. The number of rotatable bonds is 1. The molecule has 24 heavy (non-hydrogen) atoms. The number of carbonyl (C=O) groups excluding carboxylic acids is 1. The van der Waals surface area contributed by atoms with Crippen molar-refractivity contribution in [1.29, 1.82) is 0 Å². The van der Waals surface area contributed by atoms with Crippen molar-refractivity contribution < 1.29 is 14.6 Å². The summed E-state index contributed by atoms with van der Waals surface area (Å²) >= 11 is 0. The van der Waals surface area contributed by atoms with Crippen LogP contribution in [-0.4, -0.2) is 17.0 Å². The number of benzene rings is 1. The van der Waals surface area contributed by atoms with Gasteiger partial charge in [0.05, 0.1) is 0 Å². The van der Waals surface area contributed by atoms with Crippen LogP contribution in [0.15, 0.2) is 29.8 Å². The van der Waals surface area contributed by atoms with Crippen LogP contribution in [0.2, 0.25) is 0 Å². The molecule has 0 saturated heterocycles. The molecule has 3 aliphatic carbocycles. The van der Waals surface area contributed by atoms with Crippen LogP contribution in [0.5, 0.6) is 11.5 Å². The fourth-order valence-electron chi connectivity index (χ4n) is 7.40. The SMILES string of the molecule is CC1(C)[C@@H]2CC[C@]3(C)Oc4ccc(O)cc4[C@]14C=C(C=O)CC[C@@]234. The van der Waals surface area contributed by atoms with Crippen molar-refractivity contribution >= 4 is 6.29 Å². The number of phenolic OH excluding ortho intramolecular Hbond substituents is 1. The Bertz CT molecular complexity index is 807. The lowest BCUT2D eigenvalue weighted by atomic mass is 9.26. The van der Waals surface area contributed by atoms with E-state index in [0.717, 1.165) is 42.4 Å². The van der Waals surface area contributed by atoms with E-state index >= 15 is 0 Å². The van der Waals surface area contributed by atoms with Gasteiger partial charge in [-0.05, 0) is 67.7 Å². The third-order valence-corrected chi connectivity index (χ3v) is 8.12. The molecular formula is C21H24O3. The molecule has 0 aromatic heterocycles. The van der Waals surface area contributed by atoms with Gasteiger partial charge in [0, 0.05) is 16.4 Å². The molecule has 1 aromatic rings. The van der Waals surface area contributed by atoms with Gasteiger partial charge in [0.25, 0.3) is 0 Å². The molecule has 4 aliphatic rings. The van der Waals surface area contributed by atoms with Crippen LogP contribution >= 0.6 is 0 Å². The normalized spacial score (nSPS) is 43.5. The second-order valence-electron chi connectivity index (χ2n) is 8.94. The highest BCUT2D eigenvalue weighted by Gasteiger charge is 2.85. The van der Waals surface area contributed by atoms with E-state index in [1.54, 1.807) is 6.07 Å². The van der Waals surface area contributed by atoms with Crippen molar-refractivity contribution in [2.24, 2.45) is 16.7 Å². The number of fused-ring (bicyclic) bond motifs is 1. The van der Waals surface area contributed by atoms with E-state index in [9.17, 15) is 9.90 Å². The minimum absolute atomic E-state index is 0.0385. The lowest BCUT2D eigenvalue weighted by Crippen LogP contribution is -2.79. The Balaban J connectivity index is 1.91. The molecule has 1 aliphatic heterocycles. The van der Waals surface area contributed by atoms with Crippen molar-refractivity contribution in [2.45, 2.75) is 57.5 Å². The molecule has 2 saturated carbocycles. The quantitative estimate of drug-likeness (QED) is 0.790. The summed E-state index contributed by atoms with van der Waals surface area (Å²) in [5.74, 6) is 1.74. The third-order valence-electron chi connectivity index (χ3n) is 8.12. The van der Waals surface area contributed by atoms with Crippen LogP contribution < -0.4 is 4.74 Å². The van der Waals surface area contributed by atoms with Gasteiger partial charge >= 0.3 is 0 Å². The Labute approximate surface area is 142 Å². The summed E-state index contributed by atoms with van der Waals surface area (Å²) in [6, 6.07) is 5.48. The molecule has 1 spiro atoms. The fourth-order valence-corrected chi connectivity index (χ4v) is 7.40. The lowest BCUT2D eigenvalue weighted by Gasteiger charge is -2.78. The zero-order valence-electron chi connectivity index (χ0n) is 14.6. The Morgan fingerprint density at radius 1 is 1.25 bits per heavy atom. The van der Waals surface area contributed by atoms with Crippen molar-refractivity contribution in [2.75, 3.05) is 0 Å². The number of hydrogen-bond acceptors (Lipinski definition) is 3. The van der Waals surface area contributed by atoms with Gasteiger partial charge in [-0.25, -0.2) is 0 Å². The summed E-state index contributed by atoms with van der Waals surface area (Å²) in [7, 11) is 0. The van der Waals surface area contributed by atoms with Crippen LogP contribution in [0.25, 0.3) is 0 Å². The Morgan fingerprint density at radius 2 is 2.04 bits per heavy atom. The minimum atomic E-state index is -0.225. The van der Waals surface area contributed by atoms with E-state index in [-0.39, 0.29) is 27.6 Å². The molecule has 3 nitrogen and oxygen atoms in total. The first kappa shape index (κ1) is 14.6. The summed E-state index contributed by atoms with van der Waals surface area (Å²) < 4.78 is 6.59. The number of carbonyl (C=O) groups is 1. The van der Waals surface area contributed by atoms with Crippen LogP contribution in [0.3, 0.4) is 0 Å². The van der Waals surface area contributed by atoms with Crippen LogP contribution in [-0.2, 0) is 10.2 Å². The zero-order valence-corrected chi connectivity index (χ0v) is 14.6. The predicted molar refractivity (Wildman–Crippen MR) is 91.1 cm³/mol. The first-order chi connectivity index (χ1) is 11.3. The molecule has 5 rings (SSSR count). The number of phenols is 1. The van der Waals surface area contributed by atoms with Gasteiger partial charge in [-0.1, -0.05) is 19.9 Å². The summed E-state index contributed by atoms with van der Waals surface area (Å²) in [5, 5.41) is 10.2. The summed E-state index contributed by atoms with van der Waals surface area (Å²) in [6.45, 7) is 6.95. The predicted octanol–water partition coefficient (Wildman–Crippen LogP) is 4.14. The number of aromatic hydroxyl groups is 1. The molecule has 3 heteroatoms. The highest BCUT2D eigenvalue weighted by molar-refractivity contribution is 5.76. The van der Waals surface area contributed by atoms with E-state index in [1.807, 2.05) is 12.1 Å². The first-order valence-corrected chi connectivity index (χ1v) is 9.02. The van der Waals surface area contributed by atoms with Crippen molar-refractivity contribution in [3.05, 3.63) is 35.4 Å². The van der Waals surface area contributed by atoms with Gasteiger partial charge in [-0.3, -0.25) is 4.79 Å². The molecule has 0 bridgehead atoms. The summed E-state index contributed by atoms with van der Waals surface area (Å²) in [6.07, 6.45) is 7.34. The van der Waals surface area contributed by atoms with Gasteiger partial charge < -0.3 is 9.84 Å². The molecule has 1 heterocycles. The molecule has 1 aromatic carbocycles. The van der Waals surface area contributed by atoms with E-state index in [0.29, 0.717) is 5.92 Å². The molecular weight excluding hydrogens is 300 g/mol. The molecule has 4 atom stereocenters. The number of allylic oxidation sites excluding steroid dienone is 2. The second-order valence-corrected chi connectivity index (χ2v) is 8.94. The topological polar surface area (TPSA) is 46.5 Å². The average molecular weight is 324 g/mol. The van der Waals surface area contributed by atoms with Gasteiger partial charge in [-0.15, -0.1) is 0 Å².